The maximum absolute atomic E-state index is 11.4. The summed E-state index contributed by atoms with van der Waals surface area (Å²) >= 11 is 6.35. The second kappa shape index (κ2) is 6.40. The summed E-state index contributed by atoms with van der Waals surface area (Å²) in [5.41, 5.74) is 3.22. The second-order valence-corrected chi connectivity index (χ2v) is 4.82. The van der Waals surface area contributed by atoms with Gasteiger partial charge in [-0.15, -0.1) is 0 Å². The summed E-state index contributed by atoms with van der Waals surface area (Å²) in [5, 5.41) is 0.437. The van der Waals surface area contributed by atoms with Gasteiger partial charge in [0.05, 0.1) is 12.1 Å². The van der Waals surface area contributed by atoms with Crippen LogP contribution in [0.3, 0.4) is 0 Å². The molecule has 0 aliphatic heterocycles. The molecule has 0 radical (unpaired) electrons. The molecule has 0 saturated carbocycles. The van der Waals surface area contributed by atoms with Crippen LogP contribution >= 0.6 is 11.6 Å². The summed E-state index contributed by atoms with van der Waals surface area (Å²) in [6.45, 7) is 2.00. The van der Waals surface area contributed by atoms with Crippen LogP contribution in [0.4, 0.5) is 0 Å². The van der Waals surface area contributed by atoms with E-state index in [0.29, 0.717) is 10.6 Å². The number of halogens is 1. The van der Waals surface area contributed by atoms with Gasteiger partial charge in [0.25, 0.3) is 0 Å². The van der Waals surface area contributed by atoms with E-state index in [1.807, 2.05) is 55.5 Å². The Labute approximate surface area is 123 Å². The highest BCUT2D eigenvalue weighted by molar-refractivity contribution is 6.55. The van der Waals surface area contributed by atoms with Gasteiger partial charge in [-0.1, -0.05) is 41.4 Å². The van der Waals surface area contributed by atoms with Crippen LogP contribution in [0.1, 0.15) is 16.7 Å². The van der Waals surface area contributed by atoms with E-state index in [1.165, 1.54) is 0 Å². The molecular formula is C17H15ClO2. The monoisotopic (exact) mass is 286 g/mol. The lowest BCUT2D eigenvalue weighted by Crippen LogP contribution is -1.90. The van der Waals surface area contributed by atoms with E-state index in [9.17, 15) is 4.79 Å². The average molecular weight is 287 g/mol. The zero-order chi connectivity index (χ0) is 14.5. The van der Waals surface area contributed by atoms with Crippen LogP contribution in [0.25, 0.3) is 10.6 Å². The zero-order valence-electron chi connectivity index (χ0n) is 11.4. The van der Waals surface area contributed by atoms with Crippen molar-refractivity contribution in [2.24, 2.45) is 0 Å². The predicted octanol–water partition coefficient (Wildman–Crippen LogP) is 4.31. The van der Waals surface area contributed by atoms with Crippen molar-refractivity contribution >= 4 is 28.5 Å². The first-order valence-corrected chi connectivity index (χ1v) is 6.60. The van der Waals surface area contributed by atoms with Crippen molar-refractivity contribution in [3.63, 3.8) is 0 Å². The van der Waals surface area contributed by atoms with Crippen LogP contribution in [0.15, 0.2) is 48.5 Å². The molecule has 0 N–H and O–H groups in total. The number of hydrogen-bond acceptors (Lipinski definition) is 2. The quantitative estimate of drug-likeness (QED) is 0.476. The summed E-state index contributed by atoms with van der Waals surface area (Å²) in [7, 11) is 1.61. The fourth-order valence-corrected chi connectivity index (χ4v) is 2.15. The van der Waals surface area contributed by atoms with E-state index < -0.39 is 0 Å². The Bertz CT molecular complexity index is 625. The van der Waals surface area contributed by atoms with Crippen molar-refractivity contribution in [2.75, 3.05) is 7.11 Å². The molecule has 2 nitrogen and oxygen atoms in total. The number of benzene rings is 2. The summed E-state index contributed by atoms with van der Waals surface area (Å²) in [5.74, 6) is 0.751. The number of aryl methyl sites for hydroxylation is 1. The maximum atomic E-state index is 11.4. The Kier molecular flexibility index (Phi) is 4.59. The number of ether oxygens (including phenoxy) is 1. The number of methoxy groups -OCH3 is 1. The third kappa shape index (κ3) is 3.09. The molecule has 3 heteroatoms. The SMILES string of the molecule is COc1ccc(/C(Cl)=C(\C=O)c2ccc(C)cc2)cc1. The Morgan fingerprint density at radius 1 is 1.00 bits per heavy atom. The van der Waals surface area contributed by atoms with Gasteiger partial charge in [-0.25, -0.2) is 0 Å². The van der Waals surface area contributed by atoms with E-state index in [1.54, 1.807) is 7.11 Å². The van der Waals surface area contributed by atoms with Gasteiger partial charge in [0, 0.05) is 5.57 Å². The van der Waals surface area contributed by atoms with E-state index in [4.69, 9.17) is 16.3 Å². The van der Waals surface area contributed by atoms with Gasteiger partial charge in [0.2, 0.25) is 0 Å². The minimum atomic E-state index is 0.437. The van der Waals surface area contributed by atoms with Crippen molar-refractivity contribution in [3.8, 4) is 5.75 Å². The standard InChI is InChI=1S/C17H15ClO2/c1-12-3-5-13(6-4-12)16(11-19)17(18)14-7-9-15(20-2)10-8-14/h3-11H,1-2H3/b17-16-. The van der Waals surface area contributed by atoms with Gasteiger partial charge in [-0.3, -0.25) is 4.79 Å². The molecule has 0 fully saturated rings. The van der Waals surface area contributed by atoms with Crippen LogP contribution in [-0.2, 0) is 4.79 Å². The van der Waals surface area contributed by atoms with E-state index >= 15 is 0 Å². The first-order valence-electron chi connectivity index (χ1n) is 6.22. The molecule has 102 valence electrons. The topological polar surface area (TPSA) is 26.3 Å². The van der Waals surface area contributed by atoms with Gasteiger partial charge >= 0.3 is 0 Å². The first-order chi connectivity index (χ1) is 9.65. The molecule has 0 aliphatic carbocycles. The molecule has 0 spiro atoms. The van der Waals surface area contributed by atoms with Crippen molar-refractivity contribution in [2.45, 2.75) is 6.92 Å². The lowest BCUT2D eigenvalue weighted by atomic mass is 10.0. The van der Waals surface area contributed by atoms with Crippen LogP contribution < -0.4 is 4.74 Å². The average Bonchev–Trinajstić information content (AvgIpc) is 2.50. The van der Waals surface area contributed by atoms with Crippen molar-refractivity contribution in [1.29, 1.82) is 0 Å². The maximum Gasteiger partial charge on any atom is 0.152 e. The summed E-state index contributed by atoms with van der Waals surface area (Å²) in [6, 6.07) is 15.0. The summed E-state index contributed by atoms with van der Waals surface area (Å²) < 4.78 is 5.10. The molecule has 0 bridgehead atoms. The minimum absolute atomic E-state index is 0.437. The molecule has 2 aromatic rings. The molecule has 0 aromatic heterocycles. The van der Waals surface area contributed by atoms with E-state index in [0.717, 1.165) is 28.7 Å². The molecule has 0 amide bonds. The highest BCUT2D eigenvalue weighted by Crippen LogP contribution is 2.29. The van der Waals surface area contributed by atoms with Crippen LogP contribution in [0.5, 0.6) is 5.75 Å². The highest BCUT2D eigenvalue weighted by atomic mass is 35.5. The van der Waals surface area contributed by atoms with Crippen LogP contribution in [0, 0.1) is 6.92 Å². The molecule has 0 heterocycles. The number of carbonyl (C=O) groups is 1. The Morgan fingerprint density at radius 3 is 2.05 bits per heavy atom. The lowest BCUT2D eigenvalue weighted by molar-refractivity contribution is -0.103. The molecule has 0 unspecified atom stereocenters. The molecule has 2 aromatic carbocycles. The van der Waals surface area contributed by atoms with E-state index in [-0.39, 0.29) is 0 Å². The number of rotatable bonds is 4. The predicted molar refractivity (Wildman–Crippen MR) is 82.9 cm³/mol. The number of carbonyl (C=O) groups excluding carboxylic acids is 1. The summed E-state index contributed by atoms with van der Waals surface area (Å²) in [4.78, 5) is 11.4. The fourth-order valence-electron chi connectivity index (χ4n) is 1.87. The lowest BCUT2D eigenvalue weighted by Gasteiger charge is -2.07. The van der Waals surface area contributed by atoms with Gasteiger partial charge in [0.15, 0.2) is 6.29 Å². The number of aldehydes is 1. The molecule has 0 atom stereocenters. The van der Waals surface area contributed by atoms with Gasteiger partial charge < -0.3 is 4.74 Å². The summed E-state index contributed by atoms with van der Waals surface area (Å²) in [6.07, 6.45) is 0.789. The third-order valence-corrected chi connectivity index (χ3v) is 3.48. The zero-order valence-corrected chi connectivity index (χ0v) is 12.1. The highest BCUT2D eigenvalue weighted by Gasteiger charge is 2.09. The van der Waals surface area contributed by atoms with Gasteiger partial charge in [-0.2, -0.15) is 0 Å². The largest absolute Gasteiger partial charge is 0.497 e. The molecule has 2 rings (SSSR count). The minimum Gasteiger partial charge on any atom is -0.497 e. The van der Waals surface area contributed by atoms with E-state index in [2.05, 4.69) is 0 Å². The van der Waals surface area contributed by atoms with Gasteiger partial charge in [0.1, 0.15) is 5.75 Å². The second-order valence-electron chi connectivity index (χ2n) is 4.44. The smallest absolute Gasteiger partial charge is 0.152 e. The Balaban J connectivity index is 2.45. The Hall–Kier alpha value is -2.06. The molecule has 0 saturated heterocycles. The van der Waals surface area contributed by atoms with Crippen molar-refractivity contribution < 1.29 is 9.53 Å². The normalized spacial score (nSPS) is 11.8. The third-order valence-electron chi connectivity index (χ3n) is 3.06. The van der Waals surface area contributed by atoms with Crippen LogP contribution in [0.2, 0.25) is 0 Å². The number of hydrogen-bond donors (Lipinski definition) is 0. The van der Waals surface area contributed by atoms with Crippen LogP contribution in [-0.4, -0.2) is 13.4 Å². The number of allylic oxidation sites excluding steroid dienone is 1. The van der Waals surface area contributed by atoms with Crippen molar-refractivity contribution in [1.82, 2.24) is 0 Å². The fraction of sp³-hybridized carbons (Fsp3) is 0.118. The van der Waals surface area contributed by atoms with Gasteiger partial charge in [-0.05, 0) is 42.3 Å². The van der Waals surface area contributed by atoms with Crippen molar-refractivity contribution in [3.05, 3.63) is 65.2 Å². The molecule has 20 heavy (non-hydrogen) atoms. The first kappa shape index (κ1) is 14.4. The Morgan fingerprint density at radius 2 is 1.55 bits per heavy atom. The molecule has 0 aliphatic rings. The molecular weight excluding hydrogens is 272 g/mol.